The van der Waals surface area contributed by atoms with Gasteiger partial charge in [-0.3, -0.25) is 16.3 Å². The first-order valence-corrected chi connectivity index (χ1v) is 7.06. The number of benzene rings is 1. The summed E-state index contributed by atoms with van der Waals surface area (Å²) in [6.07, 6.45) is 5.33. The summed E-state index contributed by atoms with van der Waals surface area (Å²) >= 11 is 0. The zero-order valence-electron chi connectivity index (χ0n) is 11.8. The summed E-state index contributed by atoms with van der Waals surface area (Å²) in [6.45, 7) is 4.51. The molecule has 2 aromatic rings. The van der Waals surface area contributed by atoms with Crippen LogP contribution in [0.3, 0.4) is 0 Å². The van der Waals surface area contributed by atoms with Gasteiger partial charge < -0.3 is 0 Å². The summed E-state index contributed by atoms with van der Waals surface area (Å²) in [4.78, 5) is 4.51. The second-order valence-electron chi connectivity index (χ2n) is 5.27. The first kappa shape index (κ1) is 14.0. The van der Waals surface area contributed by atoms with Gasteiger partial charge in [0.1, 0.15) is 0 Å². The molecule has 19 heavy (non-hydrogen) atoms. The van der Waals surface area contributed by atoms with E-state index in [9.17, 15) is 0 Å². The lowest BCUT2D eigenvalue weighted by atomic mass is 9.92. The van der Waals surface area contributed by atoms with E-state index in [0.29, 0.717) is 5.92 Å². The highest BCUT2D eigenvalue weighted by atomic mass is 15.2. The minimum atomic E-state index is 0.167. The number of nitrogens with zero attached hydrogens (tertiary/aromatic N) is 1. The van der Waals surface area contributed by atoms with Crippen LogP contribution in [-0.2, 0) is 0 Å². The van der Waals surface area contributed by atoms with Crippen LogP contribution in [0.15, 0.2) is 36.5 Å². The molecule has 0 spiro atoms. The Morgan fingerprint density at radius 2 is 2.05 bits per heavy atom. The van der Waals surface area contributed by atoms with Gasteiger partial charge in [0.2, 0.25) is 0 Å². The molecule has 1 heterocycles. The van der Waals surface area contributed by atoms with E-state index < -0.39 is 0 Å². The Hall–Kier alpha value is -1.45. The number of hydrogen-bond acceptors (Lipinski definition) is 3. The Balaban J connectivity index is 2.30. The lowest BCUT2D eigenvalue weighted by molar-refractivity contribution is 0.396. The van der Waals surface area contributed by atoms with Crippen molar-refractivity contribution >= 4 is 10.9 Å². The third-order valence-electron chi connectivity index (χ3n) is 3.66. The minimum absolute atomic E-state index is 0.167. The van der Waals surface area contributed by atoms with Crippen LogP contribution < -0.4 is 11.3 Å². The summed E-state index contributed by atoms with van der Waals surface area (Å²) in [7, 11) is 0. The molecule has 0 amide bonds. The topological polar surface area (TPSA) is 50.9 Å². The summed E-state index contributed by atoms with van der Waals surface area (Å²) in [5.74, 6) is 6.42. The molecule has 0 aliphatic carbocycles. The van der Waals surface area contributed by atoms with E-state index in [1.54, 1.807) is 0 Å². The van der Waals surface area contributed by atoms with E-state index in [0.717, 1.165) is 11.9 Å². The molecule has 3 N–H and O–H groups in total. The van der Waals surface area contributed by atoms with Gasteiger partial charge in [-0.05, 0) is 24.0 Å². The molecule has 102 valence electrons. The third-order valence-corrected chi connectivity index (χ3v) is 3.66. The highest BCUT2D eigenvalue weighted by Gasteiger charge is 2.16. The Kier molecular flexibility index (Phi) is 4.88. The van der Waals surface area contributed by atoms with Gasteiger partial charge in [-0.15, -0.1) is 0 Å². The van der Waals surface area contributed by atoms with Crippen molar-refractivity contribution in [3.63, 3.8) is 0 Å². The fourth-order valence-electron chi connectivity index (χ4n) is 2.71. The monoisotopic (exact) mass is 257 g/mol. The van der Waals surface area contributed by atoms with Gasteiger partial charge in [0.15, 0.2) is 0 Å². The van der Waals surface area contributed by atoms with Gasteiger partial charge in [0.25, 0.3) is 0 Å². The number of aromatic nitrogens is 1. The van der Waals surface area contributed by atoms with Crippen LogP contribution in [0, 0.1) is 5.92 Å². The van der Waals surface area contributed by atoms with Gasteiger partial charge in [0, 0.05) is 17.6 Å². The van der Waals surface area contributed by atoms with Gasteiger partial charge in [-0.25, -0.2) is 0 Å². The zero-order valence-corrected chi connectivity index (χ0v) is 11.8. The second-order valence-corrected chi connectivity index (χ2v) is 5.27. The Bertz CT molecular complexity index is 519. The van der Waals surface area contributed by atoms with E-state index >= 15 is 0 Å². The van der Waals surface area contributed by atoms with Crippen molar-refractivity contribution in [1.82, 2.24) is 10.4 Å². The number of para-hydroxylation sites is 1. The van der Waals surface area contributed by atoms with E-state index in [1.807, 2.05) is 12.3 Å². The van der Waals surface area contributed by atoms with Crippen molar-refractivity contribution in [2.45, 2.75) is 39.2 Å². The standard InChI is InChI=1S/C16H23N3/c1-3-6-12(2)11-15(19-17)14-9-4-7-13-8-5-10-18-16(13)14/h4-5,7-10,12,15,19H,3,6,11,17H2,1-2H3. The third kappa shape index (κ3) is 3.31. The molecule has 0 aliphatic rings. The molecule has 2 rings (SSSR count). The van der Waals surface area contributed by atoms with Gasteiger partial charge >= 0.3 is 0 Å². The number of fused-ring (bicyclic) bond motifs is 1. The lowest BCUT2D eigenvalue weighted by Gasteiger charge is -2.21. The van der Waals surface area contributed by atoms with Crippen LogP contribution >= 0.6 is 0 Å². The molecule has 3 nitrogen and oxygen atoms in total. The fourth-order valence-corrected chi connectivity index (χ4v) is 2.71. The molecule has 0 radical (unpaired) electrons. The quantitative estimate of drug-likeness (QED) is 0.614. The fraction of sp³-hybridized carbons (Fsp3) is 0.438. The number of nitrogens with one attached hydrogen (secondary N) is 1. The molecule has 2 atom stereocenters. The number of hydrogen-bond donors (Lipinski definition) is 2. The molecule has 3 heteroatoms. The Morgan fingerprint density at radius 3 is 2.79 bits per heavy atom. The molecular weight excluding hydrogens is 234 g/mol. The molecule has 0 saturated carbocycles. The zero-order chi connectivity index (χ0) is 13.7. The maximum Gasteiger partial charge on any atom is 0.0750 e. The number of pyridine rings is 1. The summed E-state index contributed by atoms with van der Waals surface area (Å²) < 4.78 is 0. The van der Waals surface area contributed by atoms with Crippen molar-refractivity contribution in [1.29, 1.82) is 0 Å². The summed E-state index contributed by atoms with van der Waals surface area (Å²) in [6, 6.07) is 10.5. The largest absolute Gasteiger partial charge is 0.271 e. The maximum atomic E-state index is 5.76. The Morgan fingerprint density at radius 1 is 1.26 bits per heavy atom. The van der Waals surface area contributed by atoms with Gasteiger partial charge in [-0.2, -0.15) is 0 Å². The lowest BCUT2D eigenvalue weighted by Crippen LogP contribution is -2.29. The molecule has 0 saturated heterocycles. The normalized spacial score (nSPS) is 14.5. The van der Waals surface area contributed by atoms with Crippen molar-refractivity contribution in [2.75, 3.05) is 0 Å². The summed E-state index contributed by atoms with van der Waals surface area (Å²) in [5, 5.41) is 1.17. The predicted octanol–water partition coefficient (Wildman–Crippen LogP) is 3.57. The summed E-state index contributed by atoms with van der Waals surface area (Å²) in [5.41, 5.74) is 5.21. The molecule has 1 aromatic carbocycles. The van der Waals surface area contributed by atoms with E-state index in [2.05, 4.69) is 48.5 Å². The number of hydrazine groups is 1. The molecular formula is C16H23N3. The van der Waals surface area contributed by atoms with Gasteiger partial charge in [0.05, 0.1) is 5.52 Å². The SMILES string of the molecule is CCCC(C)CC(NN)c1cccc2cccnc12. The van der Waals surface area contributed by atoms with Crippen molar-refractivity contribution in [2.24, 2.45) is 11.8 Å². The van der Waals surface area contributed by atoms with Crippen molar-refractivity contribution in [3.8, 4) is 0 Å². The molecule has 2 unspecified atom stereocenters. The molecule has 0 bridgehead atoms. The first-order chi connectivity index (χ1) is 9.26. The second kappa shape index (κ2) is 6.64. The van der Waals surface area contributed by atoms with E-state index in [4.69, 9.17) is 5.84 Å². The van der Waals surface area contributed by atoms with E-state index in [1.165, 1.54) is 23.8 Å². The number of nitrogens with two attached hydrogens (primary N) is 1. The molecule has 0 fully saturated rings. The molecule has 0 aliphatic heterocycles. The van der Waals surface area contributed by atoms with Crippen LogP contribution in [0.1, 0.15) is 44.7 Å². The van der Waals surface area contributed by atoms with Crippen LogP contribution in [0.4, 0.5) is 0 Å². The van der Waals surface area contributed by atoms with E-state index in [-0.39, 0.29) is 6.04 Å². The smallest absolute Gasteiger partial charge is 0.0750 e. The van der Waals surface area contributed by atoms with Crippen LogP contribution in [-0.4, -0.2) is 4.98 Å². The predicted molar refractivity (Wildman–Crippen MR) is 80.5 cm³/mol. The number of rotatable bonds is 6. The van der Waals surface area contributed by atoms with Crippen LogP contribution in [0.5, 0.6) is 0 Å². The van der Waals surface area contributed by atoms with Crippen LogP contribution in [0.25, 0.3) is 10.9 Å². The van der Waals surface area contributed by atoms with Gasteiger partial charge in [-0.1, -0.05) is 51.0 Å². The Labute approximate surface area is 115 Å². The average Bonchev–Trinajstić information content (AvgIpc) is 2.44. The van der Waals surface area contributed by atoms with Crippen molar-refractivity contribution < 1.29 is 0 Å². The van der Waals surface area contributed by atoms with Crippen molar-refractivity contribution in [3.05, 3.63) is 42.1 Å². The van der Waals surface area contributed by atoms with Crippen LogP contribution in [0.2, 0.25) is 0 Å². The highest BCUT2D eigenvalue weighted by molar-refractivity contribution is 5.81. The highest BCUT2D eigenvalue weighted by Crippen LogP contribution is 2.27. The minimum Gasteiger partial charge on any atom is -0.271 e. The maximum absolute atomic E-state index is 5.76. The first-order valence-electron chi connectivity index (χ1n) is 7.06. The molecule has 1 aromatic heterocycles. The average molecular weight is 257 g/mol.